The van der Waals surface area contributed by atoms with Crippen molar-refractivity contribution in [3.8, 4) is 11.8 Å². The number of carbonyl (C=O) groups is 2. The number of rotatable bonds is 4. The quantitative estimate of drug-likeness (QED) is 0.618. The zero-order valence-corrected chi connectivity index (χ0v) is 15.9. The van der Waals surface area contributed by atoms with E-state index in [1.54, 1.807) is 24.3 Å². The van der Waals surface area contributed by atoms with Crippen molar-refractivity contribution in [1.29, 1.82) is 0 Å². The molecule has 28 heavy (non-hydrogen) atoms. The van der Waals surface area contributed by atoms with Crippen LogP contribution in [0.4, 0.5) is 5.69 Å². The number of fused-ring (bicyclic) bond motifs is 1. The van der Waals surface area contributed by atoms with E-state index >= 15 is 0 Å². The molecule has 2 N–H and O–H groups in total. The number of carbonyl (C=O) groups excluding carboxylic acids is 2. The number of hydrogen-bond acceptors (Lipinski definition) is 3. The Hall–Kier alpha value is -3.07. The number of anilines is 1. The predicted octanol–water partition coefficient (Wildman–Crippen LogP) is 2.65. The van der Waals surface area contributed by atoms with Gasteiger partial charge in [-0.1, -0.05) is 42.2 Å². The second-order valence-corrected chi connectivity index (χ2v) is 6.73. The number of aliphatic hydroxyl groups excluding tert-OH is 1. The van der Waals surface area contributed by atoms with E-state index in [2.05, 4.69) is 23.7 Å². The van der Waals surface area contributed by atoms with Crippen LogP contribution < -0.4 is 10.2 Å². The SMILES string of the molecule is C=CN1C(=O)C(C(=O)NCc2ccc(Cl)cc2)Cc2cc(C#CCO)ccc21. The minimum atomic E-state index is -0.848. The van der Waals surface area contributed by atoms with Gasteiger partial charge in [0.05, 0.1) is 5.69 Å². The summed E-state index contributed by atoms with van der Waals surface area (Å²) in [6, 6.07) is 12.5. The Balaban J connectivity index is 1.80. The lowest BCUT2D eigenvalue weighted by atomic mass is 9.90. The molecule has 0 aromatic heterocycles. The molecule has 1 atom stereocenters. The number of hydrogen-bond donors (Lipinski definition) is 2. The van der Waals surface area contributed by atoms with Gasteiger partial charge in [-0.05, 0) is 47.9 Å². The summed E-state index contributed by atoms with van der Waals surface area (Å²) in [6.45, 7) is 3.78. The van der Waals surface area contributed by atoms with Crippen LogP contribution in [0.2, 0.25) is 5.02 Å². The zero-order valence-electron chi connectivity index (χ0n) is 15.1. The van der Waals surface area contributed by atoms with Crippen molar-refractivity contribution in [2.45, 2.75) is 13.0 Å². The van der Waals surface area contributed by atoms with Gasteiger partial charge in [-0.3, -0.25) is 14.5 Å². The van der Waals surface area contributed by atoms with Gasteiger partial charge in [-0.2, -0.15) is 0 Å². The number of aliphatic hydroxyl groups is 1. The van der Waals surface area contributed by atoms with Gasteiger partial charge in [0.25, 0.3) is 0 Å². The summed E-state index contributed by atoms with van der Waals surface area (Å²) in [7, 11) is 0. The maximum Gasteiger partial charge on any atom is 0.243 e. The summed E-state index contributed by atoms with van der Waals surface area (Å²) in [5.41, 5.74) is 3.13. The number of halogens is 1. The highest BCUT2D eigenvalue weighted by molar-refractivity contribution is 6.30. The van der Waals surface area contributed by atoms with Gasteiger partial charge >= 0.3 is 0 Å². The lowest BCUT2D eigenvalue weighted by molar-refractivity contribution is -0.133. The van der Waals surface area contributed by atoms with Crippen molar-refractivity contribution in [2.75, 3.05) is 11.5 Å². The van der Waals surface area contributed by atoms with Crippen LogP contribution in [-0.2, 0) is 22.6 Å². The van der Waals surface area contributed by atoms with Gasteiger partial charge in [-0.25, -0.2) is 0 Å². The van der Waals surface area contributed by atoms with Crippen molar-refractivity contribution in [3.05, 3.63) is 77.0 Å². The van der Waals surface area contributed by atoms with Crippen LogP contribution in [0.3, 0.4) is 0 Å². The highest BCUT2D eigenvalue weighted by atomic mass is 35.5. The number of benzene rings is 2. The fourth-order valence-electron chi connectivity index (χ4n) is 3.10. The van der Waals surface area contributed by atoms with Crippen molar-refractivity contribution in [3.63, 3.8) is 0 Å². The summed E-state index contributed by atoms with van der Waals surface area (Å²) in [5, 5.41) is 12.3. The fraction of sp³-hybridized carbons (Fsp3) is 0.182. The number of nitrogens with one attached hydrogen (secondary N) is 1. The molecule has 2 amide bonds. The average molecular weight is 395 g/mol. The highest BCUT2D eigenvalue weighted by Gasteiger charge is 2.36. The minimum Gasteiger partial charge on any atom is -0.384 e. The summed E-state index contributed by atoms with van der Waals surface area (Å²) in [6.07, 6.45) is 1.69. The molecule has 0 spiro atoms. The molecular weight excluding hydrogens is 376 g/mol. The maximum absolute atomic E-state index is 12.8. The molecular formula is C22H19ClN2O3. The van der Waals surface area contributed by atoms with Gasteiger partial charge in [-0.15, -0.1) is 0 Å². The van der Waals surface area contributed by atoms with Gasteiger partial charge in [0, 0.05) is 23.3 Å². The van der Waals surface area contributed by atoms with Crippen LogP contribution in [0.1, 0.15) is 16.7 Å². The Labute approximate surface area is 168 Å². The molecule has 0 radical (unpaired) electrons. The third-order valence-corrected chi connectivity index (χ3v) is 4.74. The molecule has 2 aromatic carbocycles. The van der Waals surface area contributed by atoms with E-state index in [1.165, 1.54) is 11.1 Å². The lowest BCUT2D eigenvalue weighted by Crippen LogP contribution is -2.45. The monoisotopic (exact) mass is 394 g/mol. The first-order valence-electron chi connectivity index (χ1n) is 8.74. The molecule has 0 bridgehead atoms. The molecule has 3 rings (SSSR count). The van der Waals surface area contributed by atoms with Crippen LogP contribution in [0.25, 0.3) is 0 Å². The first-order valence-corrected chi connectivity index (χ1v) is 9.11. The molecule has 5 nitrogen and oxygen atoms in total. The Morgan fingerprint density at radius 3 is 2.75 bits per heavy atom. The third kappa shape index (κ3) is 4.25. The van der Waals surface area contributed by atoms with Crippen molar-refractivity contribution >= 4 is 29.1 Å². The molecule has 1 aliphatic rings. The van der Waals surface area contributed by atoms with E-state index in [9.17, 15) is 9.59 Å². The second-order valence-electron chi connectivity index (χ2n) is 6.30. The molecule has 0 saturated heterocycles. The van der Waals surface area contributed by atoms with E-state index in [0.29, 0.717) is 22.8 Å². The Morgan fingerprint density at radius 2 is 2.07 bits per heavy atom. The molecule has 2 aromatic rings. The summed E-state index contributed by atoms with van der Waals surface area (Å²) >= 11 is 5.87. The molecule has 0 aliphatic carbocycles. The smallest absolute Gasteiger partial charge is 0.243 e. The Kier molecular flexibility index (Phi) is 6.15. The molecule has 1 unspecified atom stereocenters. The Bertz CT molecular complexity index is 974. The van der Waals surface area contributed by atoms with Crippen LogP contribution >= 0.6 is 11.6 Å². The number of amides is 2. The molecule has 6 heteroatoms. The summed E-state index contributed by atoms with van der Waals surface area (Å²) in [4.78, 5) is 26.9. The van der Waals surface area contributed by atoms with Gasteiger partial charge in [0.15, 0.2) is 0 Å². The van der Waals surface area contributed by atoms with E-state index < -0.39 is 5.92 Å². The fourth-order valence-corrected chi connectivity index (χ4v) is 3.23. The first kappa shape index (κ1) is 19.7. The Morgan fingerprint density at radius 1 is 1.32 bits per heavy atom. The van der Waals surface area contributed by atoms with Gasteiger partial charge in [0.2, 0.25) is 11.8 Å². The van der Waals surface area contributed by atoms with Crippen LogP contribution in [0, 0.1) is 17.8 Å². The largest absolute Gasteiger partial charge is 0.384 e. The minimum absolute atomic E-state index is 0.232. The lowest BCUT2D eigenvalue weighted by Gasteiger charge is -2.31. The zero-order chi connectivity index (χ0) is 20.1. The average Bonchev–Trinajstić information content (AvgIpc) is 2.71. The molecule has 1 aliphatic heterocycles. The van der Waals surface area contributed by atoms with E-state index in [1.807, 2.05) is 18.2 Å². The van der Waals surface area contributed by atoms with Crippen LogP contribution in [-0.4, -0.2) is 23.5 Å². The topological polar surface area (TPSA) is 69.6 Å². The van der Waals surface area contributed by atoms with E-state index in [4.69, 9.17) is 16.7 Å². The molecule has 142 valence electrons. The van der Waals surface area contributed by atoms with E-state index in [-0.39, 0.29) is 24.8 Å². The van der Waals surface area contributed by atoms with Crippen LogP contribution in [0.15, 0.2) is 55.2 Å². The first-order chi connectivity index (χ1) is 13.5. The normalized spacial score (nSPS) is 15.3. The van der Waals surface area contributed by atoms with Crippen LogP contribution in [0.5, 0.6) is 0 Å². The van der Waals surface area contributed by atoms with Crippen molar-refractivity contribution in [1.82, 2.24) is 5.32 Å². The summed E-state index contributed by atoms with van der Waals surface area (Å²) < 4.78 is 0. The highest BCUT2D eigenvalue weighted by Crippen LogP contribution is 2.32. The number of nitrogens with zero attached hydrogens (tertiary/aromatic N) is 1. The third-order valence-electron chi connectivity index (χ3n) is 4.49. The van der Waals surface area contributed by atoms with E-state index in [0.717, 1.165) is 11.1 Å². The predicted molar refractivity (Wildman–Crippen MR) is 109 cm³/mol. The second kappa shape index (κ2) is 8.75. The molecule has 1 heterocycles. The van der Waals surface area contributed by atoms with Gasteiger partial charge < -0.3 is 10.4 Å². The standard InChI is InChI=1S/C22H19ClN2O3/c1-2-25-20-10-7-15(4-3-11-26)12-17(20)13-19(22(25)28)21(27)24-14-16-5-8-18(23)9-6-16/h2,5-10,12,19,26H,1,11,13-14H2,(H,24,27). The van der Waals surface area contributed by atoms with Gasteiger partial charge in [0.1, 0.15) is 12.5 Å². The van der Waals surface area contributed by atoms with Crippen molar-refractivity contribution < 1.29 is 14.7 Å². The summed E-state index contributed by atoms with van der Waals surface area (Å²) in [5.74, 6) is 3.93. The molecule has 0 fully saturated rings. The molecule has 0 saturated carbocycles. The maximum atomic E-state index is 12.8. The van der Waals surface area contributed by atoms with Crippen molar-refractivity contribution in [2.24, 2.45) is 5.92 Å².